The van der Waals surface area contributed by atoms with Gasteiger partial charge in [-0.15, -0.1) is 0 Å². The Bertz CT molecular complexity index is 1220. The first-order chi connectivity index (χ1) is 13.2. The van der Waals surface area contributed by atoms with Crippen LogP contribution in [0.5, 0.6) is 0 Å². The molecule has 4 nitrogen and oxygen atoms in total. The van der Waals surface area contributed by atoms with E-state index < -0.39 is 0 Å². The van der Waals surface area contributed by atoms with E-state index in [0.717, 1.165) is 15.4 Å². The first-order valence-electron chi connectivity index (χ1n) is 8.25. The molecule has 0 fully saturated rings. The van der Waals surface area contributed by atoms with E-state index in [2.05, 4.69) is 22.0 Å². The van der Waals surface area contributed by atoms with Gasteiger partial charge in [0.25, 0.3) is 5.91 Å². The van der Waals surface area contributed by atoms with Gasteiger partial charge in [0.1, 0.15) is 17.6 Å². The van der Waals surface area contributed by atoms with E-state index in [1.165, 1.54) is 10.6 Å². The van der Waals surface area contributed by atoms with Crippen molar-refractivity contribution >= 4 is 38.8 Å². The number of allylic oxidation sites excluding steroid dienone is 1. The molecule has 4 rings (SSSR count). The minimum Gasteiger partial charge on any atom is -0.457 e. The van der Waals surface area contributed by atoms with E-state index in [9.17, 15) is 10.1 Å². The number of rotatable bonds is 3. The van der Waals surface area contributed by atoms with E-state index in [0.29, 0.717) is 22.6 Å². The van der Waals surface area contributed by atoms with Crippen LogP contribution in [0.1, 0.15) is 16.1 Å². The normalized spacial score (nSPS) is 11.1. The molecule has 130 valence electrons. The van der Waals surface area contributed by atoms with Gasteiger partial charge in [-0.05, 0) is 30.3 Å². The zero-order valence-electron chi connectivity index (χ0n) is 14.1. The van der Waals surface area contributed by atoms with Gasteiger partial charge in [0.15, 0.2) is 0 Å². The maximum Gasteiger partial charge on any atom is 0.255 e. The van der Waals surface area contributed by atoms with Crippen LogP contribution in [0, 0.1) is 11.3 Å². The van der Waals surface area contributed by atoms with Gasteiger partial charge in [0, 0.05) is 27.7 Å². The first kappa shape index (κ1) is 17.1. The van der Waals surface area contributed by atoms with Crippen LogP contribution >= 0.6 is 15.9 Å². The SMILES string of the molecule is N#Cc1cn(C(=O)/C=C/c2ccc(-c3ccccc3Br)o2)c2ccccc12. The van der Waals surface area contributed by atoms with Crippen molar-refractivity contribution in [3.8, 4) is 17.4 Å². The van der Waals surface area contributed by atoms with E-state index in [1.807, 2.05) is 60.7 Å². The van der Waals surface area contributed by atoms with Gasteiger partial charge in [-0.3, -0.25) is 9.36 Å². The number of aromatic nitrogens is 1. The standard InChI is InChI=1S/C22H13BrN2O2/c23-19-7-3-1-6-18(19)21-11-9-16(27-21)10-12-22(26)25-14-15(13-24)17-5-2-4-8-20(17)25/h1-12,14H/b12-10+. The summed E-state index contributed by atoms with van der Waals surface area (Å²) in [7, 11) is 0. The molecule has 0 saturated heterocycles. The van der Waals surface area contributed by atoms with Gasteiger partial charge in [-0.2, -0.15) is 5.26 Å². The number of halogens is 1. The average molecular weight is 417 g/mol. The molecular formula is C22H13BrN2O2. The van der Waals surface area contributed by atoms with Crippen molar-refractivity contribution in [2.24, 2.45) is 0 Å². The first-order valence-corrected chi connectivity index (χ1v) is 9.04. The third-order valence-corrected chi connectivity index (χ3v) is 4.92. The summed E-state index contributed by atoms with van der Waals surface area (Å²) in [4.78, 5) is 12.6. The van der Waals surface area contributed by atoms with E-state index >= 15 is 0 Å². The lowest BCUT2D eigenvalue weighted by molar-refractivity contribution is 0.0974. The lowest BCUT2D eigenvalue weighted by Gasteiger charge is -2.00. The second-order valence-electron chi connectivity index (χ2n) is 5.90. The average Bonchev–Trinajstić information content (AvgIpc) is 3.31. The summed E-state index contributed by atoms with van der Waals surface area (Å²) in [6.45, 7) is 0. The number of furan rings is 1. The molecule has 0 radical (unpaired) electrons. The molecule has 0 spiro atoms. The number of benzene rings is 2. The fourth-order valence-electron chi connectivity index (χ4n) is 2.93. The van der Waals surface area contributed by atoms with Crippen molar-refractivity contribution in [1.82, 2.24) is 4.57 Å². The van der Waals surface area contributed by atoms with Crippen LogP contribution < -0.4 is 0 Å². The number of carbonyl (C=O) groups is 1. The van der Waals surface area contributed by atoms with Crippen LogP contribution in [0.15, 0.2) is 81.8 Å². The third-order valence-electron chi connectivity index (χ3n) is 4.23. The number of fused-ring (bicyclic) bond motifs is 1. The van der Waals surface area contributed by atoms with Gasteiger partial charge in [0.2, 0.25) is 0 Å². The Morgan fingerprint density at radius 3 is 2.67 bits per heavy atom. The molecule has 0 N–H and O–H groups in total. The van der Waals surface area contributed by atoms with Crippen LogP contribution in [0.25, 0.3) is 28.3 Å². The molecular weight excluding hydrogens is 404 g/mol. The van der Waals surface area contributed by atoms with Gasteiger partial charge in [0.05, 0.1) is 11.1 Å². The van der Waals surface area contributed by atoms with Crippen molar-refractivity contribution in [2.45, 2.75) is 0 Å². The summed E-state index contributed by atoms with van der Waals surface area (Å²) in [5.41, 5.74) is 2.12. The Balaban J connectivity index is 1.62. The summed E-state index contributed by atoms with van der Waals surface area (Å²) in [5.74, 6) is 1.05. The summed E-state index contributed by atoms with van der Waals surface area (Å²) in [5, 5.41) is 10.0. The molecule has 2 heterocycles. The Morgan fingerprint density at radius 1 is 1.07 bits per heavy atom. The molecule has 0 bridgehead atoms. The zero-order chi connectivity index (χ0) is 18.8. The maximum absolute atomic E-state index is 12.6. The molecule has 0 atom stereocenters. The number of carbonyl (C=O) groups excluding carboxylic acids is 1. The van der Waals surface area contributed by atoms with Crippen LogP contribution in [-0.2, 0) is 0 Å². The van der Waals surface area contributed by atoms with Gasteiger partial charge >= 0.3 is 0 Å². The topological polar surface area (TPSA) is 58.9 Å². The Kier molecular flexibility index (Phi) is 4.49. The fourth-order valence-corrected chi connectivity index (χ4v) is 3.41. The summed E-state index contributed by atoms with van der Waals surface area (Å²) in [6.07, 6.45) is 4.63. The molecule has 0 amide bonds. The fraction of sp³-hybridized carbons (Fsp3) is 0. The highest BCUT2D eigenvalue weighted by atomic mass is 79.9. The minimum atomic E-state index is -0.244. The predicted molar refractivity (Wildman–Crippen MR) is 108 cm³/mol. The maximum atomic E-state index is 12.6. The van der Waals surface area contributed by atoms with Gasteiger partial charge in [-0.25, -0.2) is 0 Å². The predicted octanol–water partition coefficient (Wildman–Crippen LogP) is 5.89. The molecule has 2 aromatic heterocycles. The molecule has 5 heteroatoms. The molecule has 0 aliphatic rings. The lowest BCUT2D eigenvalue weighted by Crippen LogP contribution is -2.04. The Morgan fingerprint density at radius 2 is 1.85 bits per heavy atom. The summed E-state index contributed by atoms with van der Waals surface area (Å²) >= 11 is 3.51. The number of hydrogen-bond donors (Lipinski definition) is 0. The quantitative estimate of drug-likeness (QED) is 0.391. The van der Waals surface area contributed by atoms with Crippen molar-refractivity contribution < 1.29 is 9.21 Å². The smallest absolute Gasteiger partial charge is 0.255 e. The number of para-hydroxylation sites is 1. The van der Waals surface area contributed by atoms with Crippen LogP contribution in [0.3, 0.4) is 0 Å². The molecule has 0 saturated carbocycles. The Hall–Kier alpha value is -3.36. The highest BCUT2D eigenvalue weighted by Crippen LogP contribution is 2.29. The van der Waals surface area contributed by atoms with E-state index in [1.54, 1.807) is 12.3 Å². The second kappa shape index (κ2) is 7.10. The van der Waals surface area contributed by atoms with Gasteiger partial charge in [-0.1, -0.05) is 52.3 Å². The van der Waals surface area contributed by atoms with Crippen molar-refractivity contribution in [3.05, 3.63) is 88.7 Å². The summed E-state index contributed by atoms with van der Waals surface area (Å²) in [6, 6.07) is 20.9. The molecule has 27 heavy (non-hydrogen) atoms. The molecule has 0 aliphatic heterocycles. The van der Waals surface area contributed by atoms with Crippen molar-refractivity contribution in [1.29, 1.82) is 5.26 Å². The van der Waals surface area contributed by atoms with Crippen LogP contribution in [0.4, 0.5) is 0 Å². The van der Waals surface area contributed by atoms with E-state index in [-0.39, 0.29) is 5.91 Å². The highest BCUT2D eigenvalue weighted by molar-refractivity contribution is 9.10. The molecule has 2 aromatic carbocycles. The van der Waals surface area contributed by atoms with Crippen LogP contribution in [0.2, 0.25) is 0 Å². The minimum absolute atomic E-state index is 0.244. The highest BCUT2D eigenvalue weighted by Gasteiger charge is 2.12. The largest absolute Gasteiger partial charge is 0.457 e. The molecule has 0 unspecified atom stereocenters. The molecule has 0 aliphatic carbocycles. The van der Waals surface area contributed by atoms with Crippen molar-refractivity contribution in [2.75, 3.05) is 0 Å². The number of nitriles is 1. The number of hydrogen-bond acceptors (Lipinski definition) is 3. The van der Waals surface area contributed by atoms with E-state index in [4.69, 9.17) is 4.42 Å². The third kappa shape index (κ3) is 3.23. The monoisotopic (exact) mass is 416 g/mol. The summed E-state index contributed by atoms with van der Waals surface area (Å²) < 4.78 is 8.23. The lowest BCUT2D eigenvalue weighted by atomic mass is 10.2. The van der Waals surface area contributed by atoms with Gasteiger partial charge < -0.3 is 4.42 Å². The zero-order valence-corrected chi connectivity index (χ0v) is 15.7. The van der Waals surface area contributed by atoms with Crippen LogP contribution in [-0.4, -0.2) is 10.5 Å². The van der Waals surface area contributed by atoms with Crippen molar-refractivity contribution in [3.63, 3.8) is 0 Å². The molecule has 4 aromatic rings. The second-order valence-corrected chi connectivity index (χ2v) is 6.75. The number of nitrogens with zero attached hydrogens (tertiary/aromatic N) is 2. The Labute approximate surface area is 164 Å².